The third kappa shape index (κ3) is 2.75. The fraction of sp³-hybridized carbons (Fsp3) is 0.833. The van der Waals surface area contributed by atoms with Gasteiger partial charge in [0.1, 0.15) is 0 Å². The number of carbonyl (C=O) groups excluding carboxylic acids is 1. The smallest absolute Gasteiger partial charge is 0.150 e. The first kappa shape index (κ1) is 7.63. The van der Waals surface area contributed by atoms with Gasteiger partial charge in [0, 0.05) is 6.42 Å². The Morgan fingerprint density at radius 1 is 1.75 bits per heavy atom. The molecule has 1 N–H and O–H groups in total. The normalized spacial score (nSPS) is 13.4. The summed E-state index contributed by atoms with van der Waals surface area (Å²) >= 11 is 0. The average molecular weight is 114 g/mol. The SMILES string of the molecule is CCCC(=O)C(C)[NH]. The average Bonchev–Trinajstić information content (AvgIpc) is 1.67. The number of carbonyl (C=O) groups is 1. The van der Waals surface area contributed by atoms with Crippen LogP contribution in [0.5, 0.6) is 0 Å². The topological polar surface area (TPSA) is 40.9 Å². The lowest BCUT2D eigenvalue weighted by atomic mass is 10.1. The Hall–Kier alpha value is -0.370. The van der Waals surface area contributed by atoms with E-state index in [2.05, 4.69) is 0 Å². The van der Waals surface area contributed by atoms with Crippen molar-refractivity contribution in [2.75, 3.05) is 0 Å². The van der Waals surface area contributed by atoms with Crippen molar-refractivity contribution in [1.82, 2.24) is 5.73 Å². The Labute approximate surface area is 50.1 Å². The summed E-state index contributed by atoms with van der Waals surface area (Å²) in [5.74, 6) is 0.0486. The van der Waals surface area contributed by atoms with Gasteiger partial charge in [-0.1, -0.05) is 6.92 Å². The lowest BCUT2D eigenvalue weighted by molar-refractivity contribution is -0.120. The fourth-order valence-corrected chi connectivity index (χ4v) is 0.463. The molecule has 2 heteroatoms. The molecule has 0 aliphatic carbocycles. The molecule has 0 aromatic rings. The number of rotatable bonds is 3. The first-order valence-corrected chi connectivity index (χ1v) is 2.92. The second kappa shape index (κ2) is 3.61. The summed E-state index contributed by atoms with van der Waals surface area (Å²) < 4.78 is 0. The highest BCUT2D eigenvalue weighted by Gasteiger charge is 2.04. The molecular formula is C6H12NO. The lowest BCUT2D eigenvalue weighted by Crippen LogP contribution is -2.16. The molecule has 0 rings (SSSR count). The van der Waals surface area contributed by atoms with Crippen LogP contribution in [0.2, 0.25) is 0 Å². The quantitative estimate of drug-likeness (QED) is 0.540. The Kier molecular flexibility index (Phi) is 3.44. The van der Waals surface area contributed by atoms with Gasteiger partial charge >= 0.3 is 0 Å². The summed E-state index contributed by atoms with van der Waals surface area (Å²) in [5.41, 5.74) is 6.94. The Morgan fingerprint density at radius 3 is 2.38 bits per heavy atom. The predicted molar refractivity (Wildman–Crippen MR) is 32.5 cm³/mol. The number of hydrogen-bond donors (Lipinski definition) is 0. The van der Waals surface area contributed by atoms with Crippen LogP contribution in [0.25, 0.3) is 0 Å². The second-order valence-electron chi connectivity index (χ2n) is 1.94. The first-order chi connectivity index (χ1) is 3.68. The van der Waals surface area contributed by atoms with Crippen LogP contribution in [0.15, 0.2) is 0 Å². The van der Waals surface area contributed by atoms with E-state index in [1.807, 2.05) is 6.92 Å². The summed E-state index contributed by atoms with van der Waals surface area (Å²) in [5, 5.41) is 0. The largest absolute Gasteiger partial charge is 0.298 e. The molecule has 47 valence electrons. The van der Waals surface area contributed by atoms with Gasteiger partial charge in [-0.3, -0.25) is 4.79 Å². The minimum absolute atomic E-state index is 0.0486. The highest BCUT2D eigenvalue weighted by molar-refractivity contribution is 5.83. The number of nitrogens with one attached hydrogen (secondary N) is 1. The maximum absolute atomic E-state index is 10.6. The van der Waals surface area contributed by atoms with Crippen molar-refractivity contribution in [3.63, 3.8) is 0 Å². The molecule has 0 fully saturated rings. The molecule has 0 aromatic carbocycles. The Bertz CT molecular complexity index is 78.6. The predicted octanol–water partition coefficient (Wildman–Crippen LogP) is 1.03. The van der Waals surface area contributed by atoms with Gasteiger partial charge in [-0.25, -0.2) is 5.73 Å². The maximum atomic E-state index is 10.6. The second-order valence-corrected chi connectivity index (χ2v) is 1.94. The van der Waals surface area contributed by atoms with E-state index in [-0.39, 0.29) is 5.78 Å². The van der Waals surface area contributed by atoms with E-state index in [0.29, 0.717) is 6.42 Å². The standard InChI is InChI=1S/C6H12NO/c1-3-4-6(8)5(2)7/h5,7H,3-4H2,1-2H3. The zero-order chi connectivity index (χ0) is 6.57. The van der Waals surface area contributed by atoms with Gasteiger partial charge in [-0.05, 0) is 13.3 Å². The van der Waals surface area contributed by atoms with Gasteiger partial charge in [0.2, 0.25) is 0 Å². The van der Waals surface area contributed by atoms with E-state index in [1.165, 1.54) is 0 Å². The number of ketones is 1. The lowest BCUT2D eigenvalue weighted by Gasteiger charge is -1.98. The zero-order valence-corrected chi connectivity index (χ0v) is 5.40. The monoisotopic (exact) mass is 114 g/mol. The molecule has 1 radical (unpaired) electrons. The van der Waals surface area contributed by atoms with Crippen LogP contribution in [0, 0.1) is 0 Å². The first-order valence-electron chi connectivity index (χ1n) is 2.92. The van der Waals surface area contributed by atoms with E-state index < -0.39 is 6.04 Å². The van der Waals surface area contributed by atoms with Crippen LogP contribution >= 0.6 is 0 Å². The Balaban J connectivity index is 3.33. The number of hydrogen-bond acceptors (Lipinski definition) is 1. The van der Waals surface area contributed by atoms with E-state index in [1.54, 1.807) is 6.92 Å². The molecule has 8 heavy (non-hydrogen) atoms. The third-order valence-corrected chi connectivity index (χ3v) is 0.979. The van der Waals surface area contributed by atoms with Crippen molar-refractivity contribution in [1.29, 1.82) is 0 Å². The Morgan fingerprint density at radius 2 is 2.25 bits per heavy atom. The molecule has 0 aliphatic rings. The van der Waals surface area contributed by atoms with Crippen LogP contribution in [-0.2, 0) is 4.79 Å². The summed E-state index contributed by atoms with van der Waals surface area (Å²) in [6.45, 7) is 3.55. The van der Waals surface area contributed by atoms with Gasteiger partial charge in [-0.15, -0.1) is 0 Å². The molecule has 0 bridgehead atoms. The van der Waals surface area contributed by atoms with Gasteiger partial charge in [-0.2, -0.15) is 0 Å². The molecule has 0 aromatic heterocycles. The molecule has 2 nitrogen and oxygen atoms in total. The van der Waals surface area contributed by atoms with Crippen molar-refractivity contribution < 1.29 is 4.79 Å². The molecule has 0 heterocycles. The van der Waals surface area contributed by atoms with Crippen LogP contribution < -0.4 is 5.73 Å². The van der Waals surface area contributed by atoms with Gasteiger partial charge in [0.05, 0.1) is 6.04 Å². The van der Waals surface area contributed by atoms with Crippen molar-refractivity contribution in [3.8, 4) is 0 Å². The highest BCUT2D eigenvalue weighted by Crippen LogP contribution is 1.92. The van der Waals surface area contributed by atoms with Crippen LogP contribution in [0.4, 0.5) is 0 Å². The summed E-state index contributed by atoms with van der Waals surface area (Å²) in [6.07, 6.45) is 1.42. The maximum Gasteiger partial charge on any atom is 0.150 e. The van der Waals surface area contributed by atoms with Crippen molar-refractivity contribution >= 4 is 5.78 Å². The van der Waals surface area contributed by atoms with Crippen LogP contribution in [0.1, 0.15) is 26.7 Å². The molecule has 0 saturated heterocycles. The van der Waals surface area contributed by atoms with Crippen molar-refractivity contribution in [3.05, 3.63) is 0 Å². The van der Waals surface area contributed by atoms with E-state index in [4.69, 9.17) is 5.73 Å². The van der Waals surface area contributed by atoms with E-state index in [0.717, 1.165) is 6.42 Å². The molecule has 0 saturated carbocycles. The zero-order valence-electron chi connectivity index (χ0n) is 5.40. The molecule has 0 amide bonds. The number of Topliss-reactive ketones (excluding diaryl/α,β-unsaturated/α-hetero) is 1. The molecular weight excluding hydrogens is 102 g/mol. The molecule has 1 atom stereocenters. The third-order valence-electron chi connectivity index (χ3n) is 0.979. The van der Waals surface area contributed by atoms with Gasteiger partial charge < -0.3 is 0 Å². The molecule has 1 unspecified atom stereocenters. The fourth-order valence-electron chi connectivity index (χ4n) is 0.463. The molecule has 0 aliphatic heterocycles. The minimum atomic E-state index is -0.519. The van der Waals surface area contributed by atoms with Crippen LogP contribution in [0.3, 0.4) is 0 Å². The van der Waals surface area contributed by atoms with E-state index in [9.17, 15) is 4.79 Å². The summed E-state index contributed by atoms with van der Waals surface area (Å²) in [6, 6.07) is -0.519. The van der Waals surface area contributed by atoms with Crippen molar-refractivity contribution in [2.45, 2.75) is 32.7 Å². The summed E-state index contributed by atoms with van der Waals surface area (Å²) in [7, 11) is 0. The van der Waals surface area contributed by atoms with Crippen molar-refractivity contribution in [2.24, 2.45) is 0 Å². The van der Waals surface area contributed by atoms with E-state index >= 15 is 0 Å². The minimum Gasteiger partial charge on any atom is -0.298 e. The van der Waals surface area contributed by atoms with Crippen LogP contribution in [-0.4, -0.2) is 11.8 Å². The van der Waals surface area contributed by atoms with Gasteiger partial charge in [0.25, 0.3) is 0 Å². The highest BCUT2D eigenvalue weighted by atomic mass is 16.1. The summed E-state index contributed by atoms with van der Waals surface area (Å²) in [4.78, 5) is 10.6. The van der Waals surface area contributed by atoms with Gasteiger partial charge in [0.15, 0.2) is 5.78 Å². The molecule has 0 spiro atoms.